The summed E-state index contributed by atoms with van der Waals surface area (Å²) < 4.78 is 6.67. The van der Waals surface area contributed by atoms with Gasteiger partial charge in [-0.3, -0.25) is 4.79 Å². The Morgan fingerprint density at radius 2 is 2.30 bits per heavy atom. The summed E-state index contributed by atoms with van der Waals surface area (Å²) in [6.45, 7) is 8.23. The number of carbonyl (C=O) groups excluding carboxylic acids is 1. The first kappa shape index (κ1) is 15.3. The van der Waals surface area contributed by atoms with Crippen molar-refractivity contribution in [2.24, 2.45) is 0 Å². The van der Waals surface area contributed by atoms with Crippen LogP contribution in [0.25, 0.3) is 0 Å². The lowest BCUT2D eigenvalue weighted by Crippen LogP contribution is -2.54. The maximum atomic E-state index is 12.4. The van der Waals surface area contributed by atoms with E-state index >= 15 is 0 Å². The Bertz CT molecular complexity index is 493. The number of amides is 1. The Morgan fingerprint density at radius 1 is 1.55 bits per heavy atom. The minimum atomic E-state index is -0.473. The molecule has 110 valence electrons. The molecule has 1 heterocycles. The molecular weight excluding hydrogens is 320 g/mol. The molecule has 0 aromatic heterocycles. The highest BCUT2D eigenvalue weighted by Gasteiger charge is 2.26. The predicted octanol–water partition coefficient (Wildman–Crippen LogP) is 2.35. The van der Waals surface area contributed by atoms with Gasteiger partial charge in [0.05, 0.1) is 4.47 Å². The number of hydrogen-bond donors (Lipinski definition) is 1. The number of rotatable bonds is 3. The zero-order chi connectivity index (χ0) is 14.7. The van der Waals surface area contributed by atoms with Crippen LogP contribution < -0.4 is 10.1 Å². The van der Waals surface area contributed by atoms with Crippen LogP contribution in [0.3, 0.4) is 0 Å². The number of nitrogens with zero attached hydrogens (tertiary/aromatic N) is 1. The van der Waals surface area contributed by atoms with Gasteiger partial charge >= 0.3 is 0 Å². The van der Waals surface area contributed by atoms with E-state index in [0.717, 1.165) is 29.7 Å². The Labute approximate surface area is 128 Å². The average Bonchev–Trinajstić information content (AvgIpc) is 2.41. The molecule has 0 saturated carbocycles. The van der Waals surface area contributed by atoms with E-state index in [1.54, 1.807) is 6.92 Å². The third-order valence-electron chi connectivity index (χ3n) is 3.42. The van der Waals surface area contributed by atoms with Crippen molar-refractivity contribution in [3.8, 4) is 5.75 Å². The monoisotopic (exact) mass is 340 g/mol. The molecule has 0 radical (unpaired) electrons. The van der Waals surface area contributed by atoms with Crippen molar-refractivity contribution >= 4 is 21.8 Å². The summed E-state index contributed by atoms with van der Waals surface area (Å²) in [5, 5.41) is 3.33. The topological polar surface area (TPSA) is 41.6 Å². The molecule has 5 heteroatoms. The molecule has 1 N–H and O–H groups in total. The van der Waals surface area contributed by atoms with Crippen molar-refractivity contribution in [3.05, 3.63) is 28.2 Å². The van der Waals surface area contributed by atoms with E-state index in [9.17, 15) is 4.79 Å². The minimum Gasteiger partial charge on any atom is -0.480 e. The van der Waals surface area contributed by atoms with Crippen molar-refractivity contribution in [1.82, 2.24) is 10.2 Å². The molecule has 1 fully saturated rings. The maximum Gasteiger partial charge on any atom is 0.263 e. The largest absolute Gasteiger partial charge is 0.480 e. The molecular formula is C15H21BrN2O2. The first-order valence-corrected chi connectivity index (χ1v) is 7.71. The van der Waals surface area contributed by atoms with Gasteiger partial charge in [-0.05, 0) is 54.4 Å². The lowest BCUT2D eigenvalue weighted by Gasteiger charge is -2.33. The number of halogens is 1. The normalized spacial score (nSPS) is 20.6. The van der Waals surface area contributed by atoms with Crippen LogP contribution >= 0.6 is 15.9 Å². The number of hydrogen-bond acceptors (Lipinski definition) is 3. The smallest absolute Gasteiger partial charge is 0.263 e. The summed E-state index contributed by atoms with van der Waals surface area (Å²) >= 11 is 3.47. The fourth-order valence-electron chi connectivity index (χ4n) is 2.33. The van der Waals surface area contributed by atoms with Gasteiger partial charge in [0.15, 0.2) is 6.10 Å². The lowest BCUT2D eigenvalue weighted by atomic mass is 10.2. The summed E-state index contributed by atoms with van der Waals surface area (Å²) in [6, 6.07) is 6.19. The van der Waals surface area contributed by atoms with Gasteiger partial charge < -0.3 is 15.0 Å². The van der Waals surface area contributed by atoms with Gasteiger partial charge in [-0.15, -0.1) is 0 Å². The summed E-state index contributed by atoms with van der Waals surface area (Å²) in [5.74, 6) is 0.755. The quantitative estimate of drug-likeness (QED) is 0.918. The summed E-state index contributed by atoms with van der Waals surface area (Å²) in [4.78, 5) is 14.3. The predicted molar refractivity (Wildman–Crippen MR) is 83.0 cm³/mol. The number of aryl methyl sites for hydroxylation is 1. The highest BCUT2D eigenvalue weighted by Crippen LogP contribution is 2.27. The number of piperazine rings is 1. The molecule has 1 aliphatic heterocycles. The van der Waals surface area contributed by atoms with E-state index < -0.39 is 6.10 Å². The van der Waals surface area contributed by atoms with E-state index in [0.29, 0.717) is 11.8 Å². The second-order valence-corrected chi connectivity index (χ2v) is 6.19. The molecule has 1 aromatic carbocycles. The van der Waals surface area contributed by atoms with Gasteiger partial charge in [-0.1, -0.05) is 6.07 Å². The highest BCUT2D eigenvalue weighted by molar-refractivity contribution is 9.10. The van der Waals surface area contributed by atoms with E-state index in [4.69, 9.17) is 4.74 Å². The molecule has 0 spiro atoms. The van der Waals surface area contributed by atoms with E-state index in [1.807, 2.05) is 30.0 Å². The Morgan fingerprint density at radius 3 is 2.95 bits per heavy atom. The zero-order valence-corrected chi connectivity index (χ0v) is 13.7. The summed E-state index contributed by atoms with van der Waals surface area (Å²) in [7, 11) is 0. The molecule has 1 aromatic rings. The van der Waals surface area contributed by atoms with Crippen LogP contribution in [-0.4, -0.2) is 42.6 Å². The highest BCUT2D eigenvalue weighted by atomic mass is 79.9. The van der Waals surface area contributed by atoms with Crippen molar-refractivity contribution in [2.45, 2.75) is 32.9 Å². The molecule has 0 bridgehead atoms. The van der Waals surface area contributed by atoms with Crippen molar-refractivity contribution < 1.29 is 9.53 Å². The van der Waals surface area contributed by atoms with Crippen molar-refractivity contribution in [3.63, 3.8) is 0 Å². The molecule has 4 nitrogen and oxygen atoms in total. The molecule has 1 amide bonds. The van der Waals surface area contributed by atoms with Crippen LogP contribution in [0.15, 0.2) is 22.7 Å². The van der Waals surface area contributed by atoms with Crippen LogP contribution in [-0.2, 0) is 4.79 Å². The Balaban J connectivity index is 2.00. The van der Waals surface area contributed by atoms with E-state index in [1.165, 1.54) is 0 Å². The third kappa shape index (κ3) is 3.73. The first-order valence-electron chi connectivity index (χ1n) is 6.92. The van der Waals surface area contributed by atoms with Gasteiger partial charge in [0.1, 0.15) is 5.75 Å². The zero-order valence-electron chi connectivity index (χ0n) is 12.1. The summed E-state index contributed by atoms with van der Waals surface area (Å²) in [6.07, 6.45) is -0.473. The van der Waals surface area contributed by atoms with Gasteiger partial charge in [-0.2, -0.15) is 0 Å². The molecule has 1 aliphatic rings. The SMILES string of the molecule is Cc1ccc(OC(C)C(=O)N2CCNC(C)C2)c(Br)c1. The molecule has 2 unspecified atom stereocenters. The lowest BCUT2D eigenvalue weighted by molar-refractivity contribution is -0.139. The van der Waals surface area contributed by atoms with Gasteiger partial charge in [0.2, 0.25) is 0 Å². The van der Waals surface area contributed by atoms with Gasteiger partial charge in [-0.25, -0.2) is 0 Å². The average molecular weight is 341 g/mol. The number of ether oxygens (including phenoxy) is 1. The molecule has 1 saturated heterocycles. The standard InChI is InChI=1S/C15H21BrN2O2/c1-10-4-5-14(13(16)8-10)20-12(3)15(19)18-7-6-17-11(2)9-18/h4-5,8,11-12,17H,6-7,9H2,1-3H3. The molecule has 0 aliphatic carbocycles. The molecule has 2 rings (SSSR count). The van der Waals surface area contributed by atoms with E-state index in [2.05, 4.69) is 28.2 Å². The fraction of sp³-hybridized carbons (Fsp3) is 0.533. The van der Waals surface area contributed by atoms with Crippen LogP contribution in [0.4, 0.5) is 0 Å². The first-order chi connectivity index (χ1) is 9.47. The Hall–Kier alpha value is -1.07. The van der Waals surface area contributed by atoms with Gasteiger partial charge in [0, 0.05) is 25.7 Å². The third-order valence-corrected chi connectivity index (χ3v) is 4.04. The van der Waals surface area contributed by atoms with Crippen molar-refractivity contribution in [1.29, 1.82) is 0 Å². The summed E-state index contributed by atoms with van der Waals surface area (Å²) in [5.41, 5.74) is 1.15. The number of nitrogens with one attached hydrogen (secondary N) is 1. The van der Waals surface area contributed by atoms with Crippen LogP contribution in [0, 0.1) is 6.92 Å². The molecule has 20 heavy (non-hydrogen) atoms. The van der Waals surface area contributed by atoms with Crippen LogP contribution in [0.1, 0.15) is 19.4 Å². The van der Waals surface area contributed by atoms with Crippen LogP contribution in [0.5, 0.6) is 5.75 Å². The number of carbonyl (C=O) groups is 1. The Kier molecular flexibility index (Phi) is 5.05. The van der Waals surface area contributed by atoms with E-state index in [-0.39, 0.29) is 5.91 Å². The minimum absolute atomic E-state index is 0.0471. The van der Waals surface area contributed by atoms with Crippen molar-refractivity contribution in [2.75, 3.05) is 19.6 Å². The second kappa shape index (κ2) is 6.59. The number of benzene rings is 1. The molecule has 2 atom stereocenters. The second-order valence-electron chi connectivity index (χ2n) is 5.33. The fourth-order valence-corrected chi connectivity index (χ4v) is 2.92. The van der Waals surface area contributed by atoms with Crippen LogP contribution in [0.2, 0.25) is 0 Å². The maximum absolute atomic E-state index is 12.4. The van der Waals surface area contributed by atoms with Gasteiger partial charge in [0.25, 0.3) is 5.91 Å².